The lowest BCUT2D eigenvalue weighted by Gasteiger charge is -2.10. The number of halogens is 1. The topological polar surface area (TPSA) is 52.4 Å². The van der Waals surface area contributed by atoms with Crippen molar-refractivity contribution in [1.82, 2.24) is 0 Å². The third kappa shape index (κ3) is 4.88. The van der Waals surface area contributed by atoms with Gasteiger partial charge in [-0.3, -0.25) is 10.1 Å². The number of rotatable bonds is 7. The van der Waals surface area contributed by atoms with E-state index < -0.39 is 4.92 Å². The fourth-order valence-electron chi connectivity index (χ4n) is 1.92. The highest BCUT2D eigenvalue weighted by Gasteiger charge is 2.19. The number of nitrogens with zero attached hydrogens (tertiary/aromatic N) is 1. The van der Waals surface area contributed by atoms with E-state index in [2.05, 4.69) is 6.92 Å². The Morgan fingerprint density at radius 2 is 1.96 bits per heavy atom. The van der Waals surface area contributed by atoms with E-state index >= 15 is 0 Å². The summed E-state index contributed by atoms with van der Waals surface area (Å²) in [6.07, 6.45) is 1.87. The number of hydrogen-bond acceptors (Lipinski definition) is 4. The Balaban J connectivity index is 2.29. The normalized spacial score (nSPS) is 10.6. The van der Waals surface area contributed by atoms with Crippen molar-refractivity contribution in [2.75, 3.05) is 6.61 Å². The van der Waals surface area contributed by atoms with Crippen molar-refractivity contribution in [3.05, 3.63) is 57.1 Å². The molecule has 0 aliphatic heterocycles. The Labute approximate surface area is 145 Å². The Hall–Kier alpha value is -1.72. The van der Waals surface area contributed by atoms with Crippen LogP contribution in [0.4, 0.5) is 5.69 Å². The predicted molar refractivity (Wildman–Crippen MR) is 93.8 cm³/mol. The molecule has 23 heavy (non-hydrogen) atoms. The first-order chi connectivity index (χ1) is 11.0. The van der Waals surface area contributed by atoms with E-state index in [1.807, 2.05) is 31.2 Å². The first-order valence-corrected chi connectivity index (χ1v) is 8.56. The summed E-state index contributed by atoms with van der Waals surface area (Å²) in [6, 6.07) is 10.8. The standard InChI is InChI=1S/C17H18ClNO3S/c1-3-4-9-22-16-11-15(19(20)21)17(10-14(16)18)23-13-7-5-12(2)6-8-13/h5-8,10-11H,3-4,9H2,1-2H3. The van der Waals surface area contributed by atoms with Crippen molar-refractivity contribution in [3.63, 3.8) is 0 Å². The van der Waals surface area contributed by atoms with Gasteiger partial charge in [0.1, 0.15) is 5.75 Å². The van der Waals surface area contributed by atoms with E-state index in [9.17, 15) is 10.1 Å². The van der Waals surface area contributed by atoms with Gasteiger partial charge in [-0.05, 0) is 31.5 Å². The summed E-state index contributed by atoms with van der Waals surface area (Å²) in [5.41, 5.74) is 1.15. The molecule has 6 heteroatoms. The van der Waals surface area contributed by atoms with Gasteiger partial charge >= 0.3 is 0 Å². The van der Waals surface area contributed by atoms with Gasteiger partial charge < -0.3 is 4.74 Å². The molecule has 0 heterocycles. The van der Waals surface area contributed by atoms with Gasteiger partial charge in [-0.15, -0.1) is 0 Å². The molecule has 0 radical (unpaired) electrons. The van der Waals surface area contributed by atoms with E-state index in [-0.39, 0.29) is 5.69 Å². The summed E-state index contributed by atoms with van der Waals surface area (Å²) in [6.45, 7) is 4.54. The van der Waals surface area contributed by atoms with E-state index in [1.54, 1.807) is 6.07 Å². The van der Waals surface area contributed by atoms with Crippen LogP contribution in [0.1, 0.15) is 25.3 Å². The summed E-state index contributed by atoms with van der Waals surface area (Å²) < 4.78 is 5.54. The number of hydrogen-bond donors (Lipinski definition) is 0. The summed E-state index contributed by atoms with van der Waals surface area (Å²) in [7, 11) is 0. The molecule has 0 N–H and O–H groups in total. The monoisotopic (exact) mass is 351 g/mol. The maximum atomic E-state index is 11.4. The Bertz CT molecular complexity index is 689. The number of benzene rings is 2. The lowest BCUT2D eigenvalue weighted by atomic mass is 10.2. The van der Waals surface area contributed by atoms with Gasteiger partial charge in [-0.25, -0.2) is 0 Å². The number of nitro benzene ring substituents is 1. The average Bonchev–Trinajstić information content (AvgIpc) is 2.51. The molecule has 122 valence electrons. The van der Waals surface area contributed by atoms with Crippen molar-refractivity contribution < 1.29 is 9.66 Å². The lowest BCUT2D eigenvalue weighted by molar-refractivity contribution is -0.387. The average molecular weight is 352 g/mol. The van der Waals surface area contributed by atoms with Gasteiger partial charge in [0.15, 0.2) is 0 Å². The largest absolute Gasteiger partial charge is 0.492 e. The van der Waals surface area contributed by atoms with Crippen LogP contribution >= 0.6 is 23.4 Å². The van der Waals surface area contributed by atoms with E-state index in [4.69, 9.17) is 16.3 Å². The molecule has 0 spiro atoms. The van der Waals surface area contributed by atoms with Gasteiger partial charge in [0.05, 0.1) is 27.5 Å². The van der Waals surface area contributed by atoms with Crippen molar-refractivity contribution in [2.24, 2.45) is 0 Å². The highest BCUT2D eigenvalue weighted by Crippen LogP contribution is 2.40. The summed E-state index contributed by atoms with van der Waals surface area (Å²) >= 11 is 7.54. The molecule has 0 aliphatic rings. The summed E-state index contributed by atoms with van der Waals surface area (Å²) in [5.74, 6) is 0.361. The molecule has 0 fully saturated rings. The van der Waals surface area contributed by atoms with Crippen LogP contribution in [0.15, 0.2) is 46.2 Å². The smallest absolute Gasteiger partial charge is 0.287 e. The predicted octanol–water partition coefficient (Wildman–Crippen LogP) is 5.89. The lowest BCUT2D eigenvalue weighted by Crippen LogP contribution is -1.99. The van der Waals surface area contributed by atoms with Gasteiger partial charge in [0.2, 0.25) is 0 Å². The van der Waals surface area contributed by atoms with E-state index in [1.165, 1.54) is 17.8 Å². The van der Waals surface area contributed by atoms with Crippen LogP contribution in [0.3, 0.4) is 0 Å². The SMILES string of the molecule is CCCCOc1cc([N+](=O)[O-])c(Sc2ccc(C)cc2)cc1Cl. The second-order valence-electron chi connectivity index (χ2n) is 5.12. The zero-order valence-electron chi connectivity index (χ0n) is 13.0. The molecule has 2 rings (SSSR count). The van der Waals surface area contributed by atoms with E-state index in [0.29, 0.717) is 22.3 Å². The molecule has 0 saturated carbocycles. The minimum Gasteiger partial charge on any atom is -0.492 e. The Morgan fingerprint density at radius 1 is 1.26 bits per heavy atom. The first-order valence-electron chi connectivity index (χ1n) is 7.36. The molecule has 0 unspecified atom stereocenters. The minimum atomic E-state index is -0.403. The molecule has 0 aliphatic carbocycles. The number of nitro groups is 1. The van der Waals surface area contributed by atoms with Crippen LogP contribution < -0.4 is 4.74 Å². The Morgan fingerprint density at radius 3 is 2.57 bits per heavy atom. The Kier molecular flexibility index (Phi) is 6.30. The van der Waals surface area contributed by atoms with Crippen molar-refractivity contribution in [3.8, 4) is 5.75 Å². The molecule has 4 nitrogen and oxygen atoms in total. The van der Waals surface area contributed by atoms with Crippen LogP contribution in [0.5, 0.6) is 5.75 Å². The number of unbranched alkanes of at least 4 members (excludes halogenated alkanes) is 1. The molecule has 0 bridgehead atoms. The maximum Gasteiger partial charge on any atom is 0.287 e. The fourth-order valence-corrected chi connectivity index (χ4v) is 3.14. The zero-order valence-corrected chi connectivity index (χ0v) is 14.6. The number of aryl methyl sites for hydroxylation is 1. The van der Waals surface area contributed by atoms with Crippen molar-refractivity contribution in [2.45, 2.75) is 36.5 Å². The van der Waals surface area contributed by atoms with E-state index in [0.717, 1.165) is 23.3 Å². The quantitative estimate of drug-likeness (QED) is 0.354. The molecule has 2 aromatic rings. The highest BCUT2D eigenvalue weighted by molar-refractivity contribution is 7.99. The second kappa shape index (κ2) is 8.22. The minimum absolute atomic E-state index is 0.00599. The van der Waals surface area contributed by atoms with Crippen LogP contribution in [0.25, 0.3) is 0 Å². The van der Waals surface area contributed by atoms with Gasteiger partial charge in [0.25, 0.3) is 5.69 Å². The third-order valence-electron chi connectivity index (χ3n) is 3.21. The third-order valence-corrected chi connectivity index (χ3v) is 4.56. The molecule has 0 aromatic heterocycles. The van der Waals surface area contributed by atoms with Crippen LogP contribution in [0.2, 0.25) is 5.02 Å². The molecular weight excluding hydrogens is 334 g/mol. The second-order valence-corrected chi connectivity index (χ2v) is 6.65. The van der Waals surface area contributed by atoms with Crippen molar-refractivity contribution >= 4 is 29.1 Å². The highest BCUT2D eigenvalue weighted by atomic mass is 35.5. The van der Waals surface area contributed by atoms with Crippen LogP contribution in [-0.2, 0) is 0 Å². The van der Waals surface area contributed by atoms with Gasteiger partial charge in [-0.2, -0.15) is 0 Å². The molecule has 0 saturated heterocycles. The first kappa shape index (κ1) is 17.6. The fraction of sp³-hybridized carbons (Fsp3) is 0.294. The van der Waals surface area contributed by atoms with Gasteiger partial charge in [-0.1, -0.05) is 54.4 Å². The molecule has 0 amide bonds. The summed E-state index contributed by atoms with van der Waals surface area (Å²) in [5, 5.41) is 11.7. The zero-order chi connectivity index (χ0) is 16.8. The number of ether oxygens (including phenoxy) is 1. The molecular formula is C17H18ClNO3S. The molecule has 0 atom stereocenters. The van der Waals surface area contributed by atoms with Crippen LogP contribution in [0, 0.1) is 17.0 Å². The maximum absolute atomic E-state index is 11.4. The van der Waals surface area contributed by atoms with Gasteiger partial charge in [0, 0.05) is 4.90 Å². The molecule has 2 aromatic carbocycles. The van der Waals surface area contributed by atoms with Crippen LogP contribution in [-0.4, -0.2) is 11.5 Å². The summed E-state index contributed by atoms with van der Waals surface area (Å²) in [4.78, 5) is 12.4. The van der Waals surface area contributed by atoms with Crippen molar-refractivity contribution in [1.29, 1.82) is 0 Å².